The van der Waals surface area contributed by atoms with Crippen molar-refractivity contribution < 1.29 is 28.6 Å². The first-order valence-corrected chi connectivity index (χ1v) is 12.2. The molecule has 38 heavy (non-hydrogen) atoms. The largest absolute Gasteiger partial charge is 0.508 e. The number of phenolic OH excluding ortho intramolecular Hbond substituents is 1. The third-order valence-corrected chi connectivity index (χ3v) is 6.94. The molecule has 0 bridgehead atoms. The lowest BCUT2D eigenvalue weighted by Gasteiger charge is -2.17. The fourth-order valence-corrected chi connectivity index (χ4v) is 4.86. The Morgan fingerprint density at radius 2 is 1.84 bits per heavy atom. The molecule has 1 atom stereocenters. The van der Waals surface area contributed by atoms with Crippen molar-refractivity contribution in [2.75, 3.05) is 0 Å². The van der Waals surface area contributed by atoms with Gasteiger partial charge in [0, 0.05) is 45.9 Å². The predicted octanol–water partition coefficient (Wildman–Crippen LogP) is 4.69. The van der Waals surface area contributed by atoms with E-state index in [2.05, 4.69) is 31.1 Å². The number of aromatic nitrogens is 1. The van der Waals surface area contributed by atoms with E-state index in [4.69, 9.17) is 8.83 Å². The number of nitrogens with one attached hydrogen (secondary N) is 2. The molecule has 3 aromatic heterocycles. The number of rotatable bonds is 6. The van der Waals surface area contributed by atoms with Crippen molar-refractivity contribution in [2.45, 2.75) is 52.0 Å². The molecule has 5 aromatic rings. The van der Waals surface area contributed by atoms with Crippen LogP contribution in [0.25, 0.3) is 32.8 Å². The van der Waals surface area contributed by atoms with E-state index in [-0.39, 0.29) is 29.6 Å². The van der Waals surface area contributed by atoms with Crippen molar-refractivity contribution in [3.63, 3.8) is 0 Å². The van der Waals surface area contributed by atoms with Crippen LogP contribution in [0.2, 0.25) is 0 Å². The standard InChI is InChI=1S/C29H28N2O7/c1-14-17-9-20-21(29(2,3)4)13-37-24(20)11-25(17)38-28(36)18(14)10-26(33)31-23(27(34)35)7-15-12-30-22-6-5-16(32)8-19(15)22/h5-6,8-9,11-13,23,30,32H,7,10H2,1-4H3,(H,31,33)(H,34,35)/t23-/m0/s1. The SMILES string of the molecule is Cc1c(CC(=O)N[C@@H](Cc2c[nH]c3ccc(O)cc23)C(=O)O)c(=O)oc2cc3occ(C(C)(C)C)c3cc12. The monoisotopic (exact) mass is 516 g/mol. The molecule has 9 heteroatoms. The number of carboxylic acid groups (broad SMARTS) is 1. The number of amides is 1. The Balaban J connectivity index is 1.43. The third-order valence-electron chi connectivity index (χ3n) is 6.94. The first-order chi connectivity index (χ1) is 17.9. The minimum atomic E-state index is -1.24. The van der Waals surface area contributed by atoms with Crippen LogP contribution in [0.15, 0.2) is 56.4 Å². The van der Waals surface area contributed by atoms with E-state index in [0.29, 0.717) is 33.1 Å². The van der Waals surface area contributed by atoms with Gasteiger partial charge in [0.05, 0.1) is 18.2 Å². The number of aromatic amines is 1. The molecule has 0 saturated heterocycles. The zero-order chi connectivity index (χ0) is 27.4. The molecule has 0 aliphatic carbocycles. The smallest absolute Gasteiger partial charge is 0.340 e. The number of aromatic hydroxyl groups is 1. The van der Waals surface area contributed by atoms with Gasteiger partial charge >= 0.3 is 11.6 Å². The van der Waals surface area contributed by atoms with Crippen molar-refractivity contribution in [1.29, 1.82) is 0 Å². The molecule has 0 aliphatic heterocycles. The quantitative estimate of drug-likeness (QED) is 0.240. The summed E-state index contributed by atoms with van der Waals surface area (Å²) < 4.78 is 11.2. The molecule has 3 heterocycles. The van der Waals surface area contributed by atoms with Gasteiger partial charge in [-0.25, -0.2) is 9.59 Å². The minimum absolute atomic E-state index is 0.0100. The van der Waals surface area contributed by atoms with Crippen molar-refractivity contribution >= 4 is 44.7 Å². The molecule has 0 aliphatic rings. The summed E-state index contributed by atoms with van der Waals surface area (Å²) in [6.07, 6.45) is 3.01. The summed E-state index contributed by atoms with van der Waals surface area (Å²) in [5.41, 5.74) is 3.25. The maximum absolute atomic E-state index is 13.0. The van der Waals surface area contributed by atoms with Crippen LogP contribution >= 0.6 is 0 Å². The second-order valence-electron chi connectivity index (χ2n) is 10.6. The lowest BCUT2D eigenvalue weighted by molar-refractivity contribution is -0.141. The average molecular weight is 517 g/mol. The highest BCUT2D eigenvalue weighted by Gasteiger charge is 2.25. The molecule has 0 fully saturated rings. The second kappa shape index (κ2) is 9.09. The topological polar surface area (TPSA) is 146 Å². The van der Waals surface area contributed by atoms with E-state index in [1.807, 2.05) is 6.07 Å². The van der Waals surface area contributed by atoms with Gasteiger partial charge in [0.1, 0.15) is 23.0 Å². The van der Waals surface area contributed by atoms with E-state index in [9.17, 15) is 24.6 Å². The molecule has 0 saturated carbocycles. The van der Waals surface area contributed by atoms with Crippen molar-refractivity contribution in [3.8, 4) is 5.75 Å². The van der Waals surface area contributed by atoms with Crippen LogP contribution in [0.1, 0.15) is 43.0 Å². The summed E-state index contributed by atoms with van der Waals surface area (Å²) >= 11 is 0. The number of aryl methyl sites for hydroxylation is 1. The lowest BCUT2D eigenvalue weighted by atomic mass is 9.86. The number of furan rings is 1. The highest BCUT2D eigenvalue weighted by atomic mass is 16.4. The summed E-state index contributed by atoms with van der Waals surface area (Å²) in [6, 6.07) is 7.09. The molecule has 196 valence electrons. The lowest BCUT2D eigenvalue weighted by Crippen LogP contribution is -2.43. The number of hydrogen-bond acceptors (Lipinski definition) is 6. The fourth-order valence-electron chi connectivity index (χ4n) is 4.86. The maximum atomic E-state index is 13.0. The number of carboxylic acids is 1. The number of carbonyl (C=O) groups is 2. The molecule has 0 spiro atoms. The highest BCUT2D eigenvalue weighted by molar-refractivity contribution is 5.97. The predicted molar refractivity (Wildman–Crippen MR) is 143 cm³/mol. The molecule has 5 rings (SSSR count). The third kappa shape index (κ3) is 4.51. The summed E-state index contributed by atoms with van der Waals surface area (Å²) in [5, 5.41) is 24.4. The first-order valence-electron chi connectivity index (χ1n) is 12.2. The second-order valence-corrected chi connectivity index (χ2v) is 10.6. The zero-order valence-electron chi connectivity index (χ0n) is 21.5. The Bertz CT molecular complexity index is 1780. The number of benzene rings is 2. The van der Waals surface area contributed by atoms with Crippen LogP contribution in [0.5, 0.6) is 5.75 Å². The average Bonchev–Trinajstić information content (AvgIpc) is 3.43. The molecule has 0 unspecified atom stereocenters. The van der Waals surface area contributed by atoms with E-state index in [1.165, 1.54) is 12.1 Å². The van der Waals surface area contributed by atoms with Crippen LogP contribution in [-0.4, -0.2) is 33.1 Å². The summed E-state index contributed by atoms with van der Waals surface area (Å²) in [6.45, 7) is 7.98. The van der Waals surface area contributed by atoms with Gasteiger partial charge in [-0.05, 0) is 47.7 Å². The van der Waals surface area contributed by atoms with Gasteiger partial charge in [-0.2, -0.15) is 0 Å². The van der Waals surface area contributed by atoms with Crippen LogP contribution in [0, 0.1) is 6.92 Å². The number of fused-ring (bicyclic) bond motifs is 3. The number of carbonyl (C=O) groups excluding carboxylic acids is 1. The van der Waals surface area contributed by atoms with Gasteiger partial charge < -0.3 is 29.3 Å². The van der Waals surface area contributed by atoms with Gasteiger partial charge in [0.25, 0.3) is 0 Å². The summed E-state index contributed by atoms with van der Waals surface area (Å²) in [5.74, 6) is -1.78. The molecular weight excluding hydrogens is 488 g/mol. The maximum Gasteiger partial charge on any atom is 0.340 e. The van der Waals surface area contributed by atoms with Gasteiger partial charge in [-0.15, -0.1) is 0 Å². The number of phenols is 1. The Labute approximate surface area is 217 Å². The Morgan fingerprint density at radius 1 is 1.08 bits per heavy atom. The van der Waals surface area contributed by atoms with Gasteiger partial charge in [-0.3, -0.25) is 4.79 Å². The Hall–Kier alpha value is -4.53. The van der Waals surface area contributed by atoms with E-state index >= 15 is 0 Å². The number of hydrogen-bond donors (Lipinski definition) is 4. The molecule has 2 aromatic carbocycles. The molecule has 4 N–H and O–H groups in total. The van der Waals surface area contributed by atoms with Crippen LogP contribution in [0.3, 0.4) is 0 Å². The van der Waals surface area contributed by atoms with Gasteiger partial charge in [-0.1, -0.05) is 20.8 Å². The van der Waals surface area contributed by atoms with Crippen molar-refractivity contribution in [3.05, 3.63) is 75.5 Å². The molecule has 0 radical (unpaired) electrons. The zero-order valence-corrected chi connectivity index (χ0v) is 21.5. The van der Waals surface area contributed by atoms with Crippen molar-refractivity contribution in [2.24, 2.45) is 0 Å². The van der Waals surface area contributed by atoms with Gasteiger partial charge in [0.2, 0.25) is 5.91 Å². The van der Waals surface area contributed by atoms with Crippen LogP contribution in [-0.2, 0) is 27.8 Å². The van der Waals surface area contributed by atoms with E-state index in [0.717, 1.165) is 16.5 Å². The number of H-pyrrole nitrogens is 1. The normalized spacial score (nSPS) is 12.8. The number of aliphatic carboxylic acids is 1. The minimum Gasteiger partial charge on any atom is -0.508 e. The van der Waals surface area contributed by atoms with Crippen molar-refractivity contribution in [1.82, 2.24) is 10.3 Å². The highest BCUT2D eigenvalue weighted by Crippen LogP contribution is 2.35. The molecule has 9 nitrogen and oxygen atoms in total. The summed E-state index contributed by atoms with van der Waals surface area (Å²) in [7, 11) is 0. The molecular formula is C29H28N2O7. The fraction of sp³-hybridized carbons (Fsp3) is 0.276. The van der Waals surface area contributed by atoms with E-state index in [1.54, 1.807) is 31.5 Å². The van der Waals surface area contributed by atoms with Crippen LogP contribution in [0.4, 0.5) is 0 Å². The van der Waals surface area contributed by atoms with Crippen LogP contribution < -0.4 is 10.9 Å². The first kappa shape index (κ1) is 25.1. The Kier molecular flexibility index (Phi) is 6.01. The molecule has 1 amide bonds. The van der Waals surface area contributed by atoms with E-state index < -0.39 is 23.5 Å². The van der Waals surface area contributed by atoms with Gasteiger partial charge in [0.15, 0.2) is 0 Å². The Morgan fingerprint density at radius 3 is 2.55 bits per heavy atom. The summed E-state index contributed by atoms with van der Waals surface area (Å²) in [4.78, 5) is 40.8.